The molecule has 0 saturated carbocycles. The molecule has 2 rings (SSSR count). The molecule has 2 aromatic carbocycles. The fourth-order valence-electron chi connectivity index (χ4n) is 1.56. The zero-order valence-electron chi connectivity index (χ0n) is 10.1. The third kappa shape index (κ3) is 3.37. The summed E-state index contributed by atoms with van der Waals surface area (Å²) in [5, 5.41) is 0. The molecule has 0 unspecified atom stereocenters. The van der Waals surface area contributed by atoms with E-state index in [2.05, 4.69) is 6.26 Å². The largest absolute Gasteiger partial charge is 0.423 e. The minimum atomic E-state index is -0.322. The van der Waals surface area contributed by atoms with Crippen LogP contribution in [0.25, 0.3) is 0 Å². The van der Waals surface area contributed by atoms with Crippen molar-refractivity contribution in [1.29, 1.82) is 0 Å². The van der Waals surface area contributed by atoms with Gasteiger partial charge in [-0.25, -0.2) is 4.79 Å². The van der Waals surface area contributed by atoms with Crippen LogP contribution in [0.1, 0.15) is 15.9 Å². The third-order valence-electron chi connectivity index (χ3n) is 2.45. The van der Waals surface area contributed by atoms with Crippen molar-refractivity contribution in [1.82, 2.24) is 0 Å². The van der Waals surface area contributed by atoms with Gasteiger partial charge in [0.25, 0.3) is 0 Å². The van der Waals surface area contributed by atoms with E-state index in [0.29, 0.717) is 11.3 Å². The summed E-state index contributed by atoms with van der Waals surface area (Å²) >= 11 is 1.76. The predicted octanol–water partition coefficient (Wildman–Crippen LogP) is 3.77. The van der Waals surface area contributed by atoms with E-state index in [9.17, 15) is 4.79 Å². The SMILES string of the molecule is CSCc1ccc(C(=O)Oc2ccccc2)cc1. The van der Waals surface area contributed by atoms with Gasteiger partial charge in [-0.3, -0.25) is 0 Å². The maximum Gasteiger partial charge on any atom is 0.343 e. The van der Waals surface area contributed by atoms with Crippen LogP contribution in [0.2, 0.25) is 0 Å². The van der Waals surface area contributed by atoms with Crippen molar-refractivity contribution in [3.63, 3.8) is 0 Å². The van der Waals surface area contributed by atoms with Gasteiger partial charge in [0.1, 0.15) is 5.75 Å². The molecular weight excluding hydrogens is 244 g/mol. The quantitative estimate of drug-likeness (QED) is 0.617. The third-order valence-corrected chi connectivity index (χ3v) is 3.08. The molecule has 2 aromatic rings. The standard InChI is InChI=1S/C15H14O2S/c1-18-11-12-7-9-13(10-8-12)15(16)17-14-5-3-2-4-6-14/h2-10H,11H2,1H3. The molecule has 18 heavy (non-hydrogen) atoms. The van der Waals surface area contributed by atoms with Crippen LogP contribution in [0.5, 0.6) is 5.75 Å². The van der Waals surface area contributed by atoms with Gasteiger partial charge in [-0.2, -0.15) is 11.8 Å². The van der Waals surface area contributed by atoms with Crippen molar-refractivity contribution in [2.45, 2.75) is 5.75 Å². The van der Waals surface area contributed by atoms with Crippen molar-refractivity contribution in [3.8, 4) is 5.75 Å². The van der Waals surface area contributed by atoms with Crippen molar-refractivity contribution in [3.05, 3.63) is 65.7 Å². The van der Waals surface area contributed by atoms with Gasteiger partial charge < -0.3 is 4.74 Å². The van der Waals surface area contributed by atoms with Crippen molar-refractivity contribution < 1.29 is 9.53 Å². The Balaban J connectivity index is 2.05. The molecule has 0 heterocycles. The molecule has 2 nitrogen and oxygen atoms in total. The average Bonchev–Trinajstić information content (AvgIpc) is 2.41. The van der Waals surface area contributed by atoms with E-state index in [0.717, 1.165) is 5.75 Å². The van der Waals surface area contributed by atoms with Crippen LogP contribution >= 0.6 is 11.8 Å². The Morgan fingerprint density at radius 2 is 1.72 bits per heavy atom. The monoisotopic (exact) mass is 258 g/mol. The van der Waals surface area contributed by atoms with E-state index in [-0.39, 0.29) is 5.97 Å². The van der Waals surface area contributed by atoms with Crippen molar-refractivity contribution in [2.24, 2.45) is 0 Å². The highest BCUT2D eigenvalue weighted by Crippen LogP contribution is 2.14. The van der Waals surface area contributed by atoms with Crippen molar-refractivity contribution >= 4 is 17.7 Å². The molecule has 0 fully saturated rings. The molecule has 0 aliphatic rings. The summed E-state index contributed by atoms with van der Waals surface area (Å²) in [6.07, 6.45) is 2.05. The molecule has 0 aliphatic heterocycles. The second-order valence-corrected chi connectivity index (χ2v) is 4.70. The van der Waals surface area contributed by atoms with Crippen LogP contribution in [-0.2, 0) is 5.75 Å². The highest BCUT2D eigenvalue weighted by molar-refractivity contribution is 7.97. The molecule has 0 atom stereocenters. The first-order chi connectivity index (χ1) is 8.79. The minimum absolute atomic E-state index is 0.322. The Labute approximate surface area is 111 Å². The summed E-state index contributed by atoms with van der Waals surface area (Å²) < 4.78 is 5.26. The minimum Gasteiger partial charge on any atom is -0.423 e. The van der Waals surface area contributed by atoms with Gasteiger partial charge >= 0.3 is 5.97 Å². The van der Waals surface area contributed by atoms with Crippen LogP contribution in [0.15, 0.2) is 54.6 Å². The number of ether oxygens (including phenoxy) is 1. The Morgan fingerprint density at radius 3 is 2.33 bits per heavy atom. The molecule has 3 heteroatoms. The summed E-state index contributed by atoms with van der Waals surface area (Å²) in [6, 6.07) is 16.6. The number of esters is 1. The number of hydrogen-bond acceptors (Lipinski definition) is 3. The summed E-state index contributed by atoms with van der Waals surface area (Å²) in [5.41, 5.74) is 1.78. The zero-order valence-corrected chi connectivity index (χ0v) is 10.9. The lowest BCUT2D eigenvalue weighted by atomic mass is 10.1. The lowest BCUT2D eigenvalue weighted by Gasteiger charge is -2.04. The Bertz CT molecular complexity index is 506. The van der Waals surface area contributed by atoms with Gasteiger partial charge in [0.05, 0.1) is 5.56 Å². The average molecular weight is 258 g/mol. The highest BCUT2D eigenvalue weighted by Gasteiger charge is 2.07. The van der Waals surface area contributed by atoms with E-state index in [4.69, 9.17) is 4.74 Å². The summed E-state index contributed by atoms with van der Waals surface area (Å²) in [4.78, 5) is 11.9. The van der Waals surface area contributed by atoms with Crippen LogP contribution in [-0.4, -0.2) is 12.2 Å². The second-order valence-electron chi connectivity index (χ2n) is 3.83. The predicted molar refractivity (Wildman–Crippen MR) is 75.1 cm³/mol. The van der Waals surface area contributed by atoms with Gasteiger partial charge in [-0.15, -0.1) is 0 Å². The fourth-order valence-corrected chi connectivity index (χ4v) is 2.08. The molecule has 0 N–H and O–H groups in total. The van der Waals surface area contributed by atoms with Gasteiger partial charge in [0.15, 0.2) is 0 Å². The maximum atomic E-state index is 11.9. The lowest BCUT2D eigenvalue weighted by molar-refractivity contribution is 0.0735. The topological polar surface area (TPSA) is 26.3 Å². The van der Waals surface area contributed by atoms with E-state index < -0.39 is 0 Å². The summed E-state index contributed by atoms with van der Waals surface area (Å²) in [7, 11) is 0. The first-order valence-electron chi connectivity index (χ1n) is 5.64. The molecule has 0 radical (unpaired) electrons. The van der Waals surface area contributed by atoms with Crippen molar-refractivity contribution in [2.75, 3.05) is 6.26 Å². The normalized spacial score (nSPS) is 10.1. The second kappa shape index (κ2) is 6.26. The summed E-state index contributed by atoms with van der Waals surface area (Å²) in [6.45, 7) is 0. The molecule has 0 aliphatic carbocycles. The van der Waals surface area contributed by atoms with E-state index in [1.807, 2.05) is 30.3 Å². The molecule has 92 valence electrons. The van der Waals surface area contributed by atoms with E-state index >= 15 is 0 Å². The number of hydrogen-bond donors (Lipinski definition) is 0. The smallest absolute Gasteiger partial charge is 0.343 e. The number of carbonyl (C=O) groups is 1. The number of rotatable bonds is 4. The molecule has 0 saturated heterocycles. The summed E-state index contributed by atoms with van der Waals surface area (Å²) in [5.74, 6) is 1.20. The highest BCUT2D eigenvalue weighted by atomic mass is 32.2. The van der Waals surface area contributed by atoms with Gasteiger partial charge in [-0.1, -0.05) is 30.3 Å². The number of carbonyl (C=O) groups excluding carboxylic acids is 1. The molecule has 0 bridgehead atoms. The Kier molecular flexibility index (Phi) is 4.42. The fraction of sp³-hybridized carbons (Fsp3) is 0.133. The van der Waals surface area contributed by atoms with Gasteiger partial charge in [0, 0.05) is 5.75 Å². The lowest BCUT2D eigenvalue weighted by Crippen LogP contribution is -2.08. The van der Waals surface area contributed by atoms with Gasteiger partial charge in [0.2, 0.25) is 0 Å². The Morgan fingerprint density at radius 1 is 1.06 bits per heavy atom. The van der Waals surface area contributed by atoms with E-state index in [1.165, 1.54) is 5.56 Å². The maximum absolute atomic E-state index is 11.9. The molecule has 0 spiro atoms. The van der Waals surface area contributed by atoms with E-state index in [1.54, 1.807) is 36.0 Å². The van der Waals surface area contributed by atoms with Gasteiger partial charge in [-0.05, 0) is 36.1 Å². The molecule has 0 amide bonds. The molecular formula is C15H14O2S. The zero-order chi connectivity index (χ0) is 12.8. The first-order valence-corrected chi connectivity index (χ1v) is 7.04. The Hall–Kier alpha value is -1.74. The van der Waals surface area contributed by atoms with Crippen LogP contribution in [0, 0.1) is 0 Å². The number of para-hydroxylation sites is 1. The van der Waals surface area contributed by atoms with Crippen LogP contribution < -0.4 is 4.74 Å². The number of thioether (sulfide) groups is 1. The van der Waals surface area contributed by atoms with Crippen LogP contribution in [0.3, 0.4) is 0 Å². The first kappa shape index (κ1) is 12.7. The molecule has 0 aromatic heterocycles. The van der Waals surface area contributed by atoms with Crippen LogP contribution in [0.4, 0.5) is 0 Å². The number of benzene rings is 2.